The number of hydrogen-bond acceptors (Lipinski definition) is 4. The van der Waals surface area contributed by atoms with Crippen LogP contribution < -0.4 is 10.6 Å². The van der Waals surface area contributed by atoms with Crippen molar-refractivity contribution in [2.24, 2.45) is 5.41 Å². The Hall–Kier alpha value is -1.76. The molecule has 0 unspecified atom stereocenters. The van der Waals surface area contributed by atoms with Gasteiger partial charge in [0.15, 0.2) is 5.82 Å². The zero-order valence-corrected chi connectivity index (χ0v) is 11.8. The number of anilines is 2. The summed E-state index contributed by atoms with van der Waals surface area (Å²) in [6.07, 6.45) is 6.50. The molecule has 1 aromatic rings. The fraction of sp³-hybridized carbons (Fsp3) is 0.600. The van der Waals surface area contributed by atoms with Crippen LogP contribution in [0, 0.1) is 16.7 Å². The minimum absolute atomic E-state index is 0.484. The van der Waals surface area contributed by atoms with Crippen LogP contribution in [-0.2, 0) is 0 Å². The van der Waals surface area contributed by atoms with Crippen LogP contribution in [0.4, 0.5) is 11.5 Å². The molecule has 0 spiro atoms. The highest BCUT2D eigenvalue weighted by Gasteiger charge is 2.32. The highest BCUT2D eigenvalue weighted by molar-refractivity contribution is 5.70. The van der Waals surface area contributed by atoms with Gasteiger partial charge in [-0.15, -0.1) is 0 Å². The van der Waals surface area contributed by atoms with Crippen molar-refractivity contribution in [1.82, 2.24) is 4.98 Å². The number of nitrogens with zero attached hydrogens (tertiary/aromatic N) is 3. The van der Waals surface area contributed by atoms with E-state index < -0.39 is 0 Å². The third kappa shape index (κ3) is 2.51. The lowest BCUT2D eigenvalue weighted by molar-refractivity contribution is 0.199. The third-order valence-corrected chi connectivity index (χ3v) is 4.71. The number of nitriles is 1. The Morgan fingerprint density at radius 1 is 1.37 bits per heavy atom. The van der Waals surface area contributed by atoms with Crippen LogP contribution in [0.15, 0.2) is 12.3 Å². The molecule has 19 heavy (non-hydrogen) atoms. The Balaban J connectivity index is 2.17. The van der Waals surface area contributed by atoms with E-state index in [9.17, 15) is 0 Å². The number of rotatable bonds is 3. The predicted octanol–water partition coefficient (Wildman–Crippen LogP) is 2.94. The molecule has 0 atom stereocenters. The predicted molar refractivity (Wildman–Crippen MR) is 77.8 cm³/mol. The normalized spacial score (nSPS) is 18.1. The number of pyridine rings is 1. The molecule has 1 aromatic heterocycles. The Morgan fingerprint density at radius 2 is 2.00 bits per heavy atom. The molecule has 1 aliphatic heterocycles. The van der Waals surface area contributed by atoms with Gasteiger partial charge in [0, 0.05) is 19.3 Å². The molecule has 4 heteroatoms. The van der Waals surface area contributed by atoms with Crippen LogP contribution in [0.2, 0.25) is 0 Å². The Labute approximate surface area is 115 Å². The Kier molecular flexibility index (Phi) is 3.94. The van der Waals surface area contributed by atoms with Crippen LogP contribution in [0.5, 0.6) is 0 Å². The van der Waals surface area contributed by atoms with Crippen molar-refractivity contribution < 1.29 is 0 Å². The summed E-state index contributed by atoms with van der Waals surface area (Å²) in [5, 5.41) is 9.02. The molecule has 0 radical (unpaired) electrons. The van der Waals surface area contributed by atoms with Crippen molar-refractivity contribution in [3.05, 3.63) is 17.8 Å². The maximum absolute atomic E-state index is 9.02. The van der Waals surface area contributed by atoms with Gasteiger partial charge in [0.05, 0.1) is 11.3 Å². The monoisotopic (exact) mass is 258 g/mol. The number of nitrogen functional groups attached to an aromatic ring is 1. The van der Waals surface area contributed by atoms with E-state index in [4.69, 9.17) is 11.0 Å². The fourth-order valence-electron chi connectivity index (χ4n) is 2.96. The Morgan fingerprint density at radius 3 is 2.53 bits per heavy atom. The van der Waals surface area contributed by atoms with Gasteiger partial charge in [-0.05, 0) is 24.3 Å². The largest absolute Gasteiger partial charge is 0.395 e. The van der Waals surface area contributed by atoms with Gasteiger partial charge >= 0.3 is 0 Å². The highest BCUT2D eigenvalue weighted by Crippen LogP contribution is 2.39. The molecule has 2 heterocycles. The average Bonchev–Trinajstić information content (AvgIpc) is 2.48. The summed E-state index contributed by atoms with van der Waals surface area (Å²) in [5.74, 6) is 0.778. The standard InChI is InChI=1S/C15H22N4/c1-3-15(4-2)6-9-19(10-7-15)14-13(17)12(11-16)5-8-18-14/h5,8H,3-4,6-7,9-10,17H2,1-2H3. The second kappa shape index (κ2) is 5.48. The van der Waals surface area contributed by atoms with Crippen molar-refractivity contribution in [2.45, 2.75) is 39.5 Å². The van der Waals surface area contributed by atoms with Crippen molar-refractivity contribution >= 4 is 11.5 Å². The van der Waals surface area contributed by atoms with E-state index in [0.717, 1.165) is 18.9 Å². The lowest BCUT2D eigenvalue weighted by atomic mass is 9.74. The second-order valence-corrected chi connectivity index (χ2v) is 5.40. The molecule has 0 aliphatic carbocycles. The average molecular weight is 258 g/mol. The van der Waals surface area contributed by atoms with E-state index >= 15 is 0 Å². The van der Waals surface area contributed by atoms with Crippen LogP contribution in [0.1, 0.15) is 45.1 Å². The maximum Gasteiger partial charge on any atom is 0.153 e. The zero-order chi connectivity index (χ0) is 13.9. The lowest BCUT2D eigenvalue weighted by Gasteiger charge is -2.41. The summed E-state index contributed by atoms with van der Waals surface area (Å²) in [5.41, 5.74) is 7.55. The molecule has 0 saturated carbocycles. The number of hydrogen-bond donors (Lipinski definition) is 1. The molecule has 4 nitrogen and oxygen atoms in total. The van der Waals surface area contributed by atoms with Crippen molar-refractivity contribution in [2.75, 3.05) is 23.7 Å². The van der Waals surface area contributed by atoms with Crippen LogP contribution >= 0.6 is 0 Å². The topological polar surface area (TPSA) is 65.9 Å². The molecule has 0 bridgehead atoms. The van der Waals surface area contributed by atoms with E-state index in [1.54, 1.807) is 12.3 Å². The molecule has 0 amide bonds. The van der Waals surface area contributed by atoms with Gasteiger partial charge in [0.2, 0.25) is 0 Å². The summed E-state index contributed by atoms with van der Waals surface area (Å²) < 4.78 is 0. The minimum atomic E-state index is 0.484. The summed E-state index contributed by atoms with van der Waals surface area (Å²) in [4.78, 5) is 6.58. The molecular formula is C15H22N4. The molecule has 1 fully saturated rings. The van der Waals surface area contributed by atoms with E-state index in [0.29, 0.717) is 16.7 Å². The molecule has 2 N–H and O–H groups in total. The number of piperidine rings is 1. The Bertz CT molecular complexity index is 475. The van der Waals surface area contributed by atoms with Gasteiger partial charge in [-0.3, -0.25) is 0 Å². The minimum Gasteiger partial charge on any atom is -0.395 e. The molecule has 2 rings (SSSR count). The van der Waals surface area contributed by atoms with E-state index in [2.05, 4.69) is 29.8 Å². The van der Waals surface area contributed by atoms with Crippen molar-refractivity contribution in [3.63, 3.8) is 0 Å². The third-order valence-electron chi connectivity index (χ3n) is 4.71. The summed E-state index contributed by atoms with van der Waals surface area (Å²) in [6, 6.07) is 3.79. The number of nitrogens with two attached hydrogens (primary N) is 1. The fourth-order valence-corrected chi connectivity index (χ4v) is 2.96. The van der Waals surface area contributed by atoms with Gasteiger partial charge in [-0.2, -0.15) is 5.26 Å². The second-order valence-electron chi connectivity index (χ2n) is 5.40. The van der Waals surface area contributed by atoms with Gasteiger partial charge in [-0.25, -0.2) is 4.98 Å². The number of aromatic nitrogens is 1. The van der Waals surface area contributed by atoms with E-state index in [1.165, 1.54) is 25.7 Å². The molecule has 1 aliphatic rings. The summed E-state index contributed by atoms with van der Waals surface area (Å²) in [6.45, 7) is 6.52. The first-order valence-electron chi connectivity index (χ1n) is 7.05. The van der Waals surface area contributed by atoms with Gasteiger partial charge in [-0.1, -0.05) is 26.7 Å². The molecular weight excluding hydrogens is 236 g/mol. The van der Waals surface area contributed by atoms with Crippen molar-refractivity contribution in [1.29, 1.82) is 5.26 Å². The highest BCUT2D eigenvalue weighted by atomic mass is 15.2. The van der Waals surface area contributed by atoms with Crippen LogP contribution in [-0.4, -0.2) is 18.1 Å². The molecule has 0 aromatic carbocycles. The van der Waals surface area contributed by atoms with Gasteiger partial charge in [0.1, 0.15) is 6.07 Å². The van der Waals surface area contributed by atoms with E-state index in [1.807, 2.05) is 0 Å². The van der Waals surface area contributed by atoms with Gasteiger partial charge in [0.25, 0.3) is 0 Å². The maximum atomic E-state index is 9.02. The quantitative estimate of drug-likeness (QED) is 0.905. The first-order chi connectivity index (χ1) is 9.15. The zero-order valence-electron chi connectivity index (χ0n) is 11.8. The first kappa shape index (κ1) is 13.7. The smallest absolute Gasteiger partial charge is 0.153 e. The SMILES string of the molecule is CCC1(CC)CCN(c2nccc(C#N)c2N)CC1. The first-order valence-corrected chi connectivity index (χ1v) is 7.05. The van der Waals surface area contributed by atoms with Crippen molar-refractivity contribution in [3.8, 4) is 6.07 Å². The molecule has 1 saturated heterocycles. The van der Waals surface area contributed by atoms with Crippen LogP contribution in [0.3, 0.4) is 0 Å². The molecule has 102 valence electrons. The summed E-state index contributed by atoms with van der Waals surface area (Å²) >= 11 is 0. The van der Waals surface area contributed by atoms with Crippen LogP contribution in [0.25, 0.3) is 0 Å². The lowest BCUT2D eigenvalue weighted by Crippen LogP contribution is -2.40. The van der Waals surface area contributed by atoms with Gasteiger partial charge < -0.3 is 10.6 Å². The van der Waals surface area contributed by atoms with E-state index in [-0.39, 0.29) is 0 Å². The summed E-state index contributed by atoms with van der Waals surface area (Å²) in [7, 11) is 0.